The normalized spacial score (nSPS) is 12.1. The number of aromatic nitrogens is 2. The molecule has 3 nitrogen and oxygen atoms in total. The summed E-state index contributed by atoms with van der Waals surface area (Å²) in [7, 11) is 0. The van der Waals surface area contributed by atoms with Crippen LogP contribution in [0, 0.1) is 6.92 Å². The predicted octanol–water partition coefficient (Wildman–Crippen LogP) is 2.96. The molecule has 0 saturated heterocycles. The number of hydrogen-bond acceptors (Lipinski definition) is 3. The van der Waals surface area contributed by atoms with Crippen LogP contribution in [0.4, 0.5) is 5.95 Å². The van der Waals surface area contributed by atoms with Crippen molar-refractivity contribution in [3.8, 4) is 0 Å². The number of rotatable bonds is 3. The van der Waals surface area contributed by atoms with Gasteiger partial charge in [0.05, 0.1) is 6.04 Å². The van der Waals surface area contributed by atoms with Crippen LogP contribution in [-0.2, 0) is 0 Å². The zero-order valence-corrected chi connectivity index (χ0v) is 9.51. The number of anilines is 1. The van der Waals surface area contributed by atoms with Crippen LogP contribution in [0.1, 0.15) is 24.1 Å². The Kier molecular flexibility index (Phi) is 3.15. The molecule has 1 unspecified atom stereocenters. The molecule has 82 valence electrons. The van der Waals surface area contributed by atoms with Gasteiger partial charge in [-0.15, -0.1) is 0 Å². The minimum absolute atomic E-state index is 0.211. The molecule has 2 rings (SSSR count). The fourth-order valence-corrected chi connectivity index (χ4v) is 1.51. The average molecular weight is 213 g/mol. The predicted molar refractivity (Wildman–Crippen MR) is 65.2 cm³/mol. The van der Waals surface area contributed by atoms with Crippen LogP contribution < -0.4 is 5.32 Å². The van der Waals surface area contributed by atoms with E-state index in [1.54, 1.807) is 12.4 Å². The van der Waals surface area contributed by atoms with Crippen molar-refractivity contribution in [1.29, 1.82) is 0 Å². The zero-order chi connectivity index (χ0) is 11.4. The monoisotopic (exact) mass is 213 g/mol. The van der Waals surface area contributed by atoms with E-state index in [0.717, 1.165) is 0 Å². The molecule has 0 aliphatic carbocycles. The minimum atomic E-state index is 0.211. The summed E-state index contributed by atoms with van der Waals surface area (Å²) in [4.78, 5) is 8.28. The Hall–Kier alpha value is -1.90. The summed E-state index contributed by atoms with van der Waals surface area (Å²) in [6, 6.07) is 10.5. The smallest absolute Gasteiger partial charge is 0.223 e. The maximum absolute atomic E-state index is 4.14. The molecule has 3 heteroatoms. The lowest BCUT2D eigenvalue weighted by Gasteiger charge is -2.13. The molecule has 0 saturated carbocycles. The summed E-state index contributed by atoms with van der Waals surface area (Å²) in [5.74, 6) is 0.663. The lowest BCUT2D eigenvalue weighted by molar-refractivity contribution is 0.860. The van der Waals surface area contributed by atoms with E-state index < -0.39 is 0 Å². The van der Waals surface area contributed by atoms with Crippen molar-refractivity contribution < 1.29 is 0 Å². The quantitative estimate of drug-likeness (QED) is 0.851. The second-order valence-corrected chi connectivity index (χ2v) is 3.85. The Bertz CT molecular complexity index is 436. The number of nitrogens with zero attached hydrogens (tertiary/aromatic N) is 2. The summed E-state index contributed by atoms with van der Waals surface area (Å²) in [6.45, 7) is 4.18. The summed E-state index contributed by atoms with van der Waals surface area (Å²) < 4.78 is 0. The fraction of sp³-hybridized carbons (Fsp3) is 0.231. The molecular weight excluding hydrogens is 198 g/mol. The highest BCUT2D eigenvalue weighted by molar-refractivity contribution is 5.32. The van der Waals surface area contributed by atoms with E-state index in [1.807, 2.05) is 6.07 Å². The standard InChI is InChI=1S/C13H15N3/c1-10-4-6-12(7-5-10)11(2)16-13-14-8-3-9-15-13/h3-9,11H,1-2H3,(H,14,15,16). The van der Waals surface area contributed by atoms with Gasteiger partial charge in [0.1, 0.15) is 0 Å². The van der Waals surface area contributed by atoms with Crippen LogP contribution in [0.15, 0.2) is 42.7 Å². The number of benzene rings is 1. The van der Waals surface area contributed by atoms with Gasteiger partial charge in [-0.05, 0) is 25.5 Å². The fourth-order valence-electron chi connectivity index (χ4n) is 1.51. The maximum Gasteiger partial charge on any atom is 0.223 e. The Morgan fingerprint density at radius 3 is 2.31 bits per heavy atom. The molecule has 0 fully saturated rings. The second kappa shape index (κ2) is 4.75. The number of hydrogen-bond donors (Lipinski definition) is 1. The Labute approximate surface area is 95.6 Å². The summed E-state index contributed by atoms with van der Waals surface area (Å²) in [6.07, 6.45) is 3.47. The summed E-state index contributed by atoms with van der Waals surface area (Å²) in [5, 5.41) is 3.26. The van der Waals surface area contributed by atoms with Crippen LogP contribution in [0.25, 0.3) is 0 Å². The molecule has 0 amide bonds. The van der Waals surface area contributed by atoms with E-state index in [1.165, 1.54) is 11.1 Å². The van der Waals surface area contributed by atoms with Gasteiger partial charge in [0.2, 0.25) is 5.95 Å². The van der Waals surface area contributed by atoms with Crippen molar-refractivity contribution in [2.24, 2.45) is 0 Å². The summed E-state index contributed by atoms with van der Waals surface area (Å²) in [5.41, 5.74) is 2.50. The first-order valence-electron chi connectivity index (χ1n) is 5.36. The Morgan fingerprint density at radius 1 is 1.06 bits per heavy atom. The van der Waals surface area contributed by atoms with Gasteiger partial charge in [-0.3, -0.25) is 0 Å². The van der Waals surface area contributed by atoms with E-state index >= 15 is 0 Å². The van der Waals surface area contributed by atoms with E-state index in [9.17, 15) is 0 Å². The van der Waals surface area contributed by atoms with Gasteiger partial charge in [-0.1, -0.05) is 29.8 Å². The number of aryl methyl sites for hydroxylation is 1. The van der Waals surface area contributed by atoms with Gasteiger partial charge >= 0.3 is 0 Å². The van der Waals surface area contributed by atoms with Gasteiger partial charge < -0.3 is 5.32 Å². The third-order valence-corrected chi connectivity index (χ3v) is 2.49. The highest BCUT2D eigenvalue weighted by atomic mass is 15.1. The highest BCUT2D eigenvalue weighted by Crippen LogP contribution is 2.16. The highest BCUT2D eigenvalue weighted by Gasteiger charge is 2.05. The molecule has 1 atom stereocenters. The van der Waals surface area contributed by atoms with Gasteiger partial charge in [-0.2, -0.15) is 0 Å². The average Bonchev–Trinajstić information content (AvgIpc) is 2.31. The molecule has 1 heterocycles. The summed E-state index contributed by atoms with van der Waals surface area (Å²) >= 11 is 0. The molecule has 1 aromatic heterocycles. The first-order valence-corrected chi connectivity index (χ1v) is 5.36. The second-order valence-electron chi connectivity index (χ2n) is 3.85. The first kappa shape index (κ1) is 10.6. The van der Waals surface area contributed by atoms with E-state index in [-0.39, 0.29) is 6.04 Å². The molecule has 1 N–H and O–H groups in total. The van der Waals surface area contributed by atoms with Crippen molar-refractivity contribution >= 4 is 5.95 Å². The van der Waals surface area contributed by atoms with Crippen LogP contribution in [0.2, 0.25) is 0 Å². The van der Waals surface area contributed by atoms with Gasteiger partial charge in [0.25, 0.3) is 0 Å². The van der Waals surface area contributed by atoms with Crippen molar-refractivity contribution in [1.82, 2.24) is 9.97 Å². The molecule has 0 radical (unpaired) electrons. The molecule has 2 aromatic rings. The topological polar surface area (TPSA) is 37.8 Å². The van der Waals surface area contributed by atoms with Crippen molar-refractivity contribution in [3.63, 3.8) is 0 Å². The van der Waals surface area contributed by atoms with Crippen LogP contribution in [0.3, 0.4) is 0 Å². The Balaban J connectivity index is 2.09. The lowest BCUT2D eigenvalue weighted by atomic mass is 10.1. The molecule has 0 aliphatic heterocycles. The van der Waals surface area contributed by atoms with Gasteiger partial charge in [0.15, 0.2) is 0 Å². The third kappa shape index (κ3) is 2.57. The number of nitrogens with one attached hydrogen (secondary N) is 1. The van der Waals surface area contributed by atoms with Crippen LogP contribution >= 0.6 is 0 Å². The van der Waals surface area contributed by atoms with Crippen LogP contribution in [-0.4, -0.2) is 9.97 Å². The lowest BCUT2D eigenvalue weighted by Crippen LogP contribution is -2.08. The van der Waals surface area contributed by atoms with Gasteiger partial charge in [-0.25, -0.2) is 9.97 Å². The molecule has 0 bridgehead atoms. The van der Waals surface area contributed by atoms with E-state index in [0.29, 0.717) is 5.95 Å². The van der Waals surface area contributed by atoms with Crippen molar-refractivity contribution in [2.45, 2.75) is 19.9 Å². The van der Waals surface area contributed by atoms with Crippen LogP contribution in [0.5, 0.6) is 0 Å². The SMILES string of the molecule is Cc1ccc(C(C)Nc2ncccn2)cc1. The first-order chi connectivity index (χ1) is 7.75. The van der Waals surface area contributed by atoms with Crippen molar-refractivity contribution in [2.75, 3.05) is 5.32 Å². The molecule has 0 aliphatic rings. The zero-order valence-electron chi connectivity index (χ0n) is 9.51. The third-order valence-electron chi connectivity index (χ3n) is 2.49. The molecule has 16 heavy (non-hydrogen) atoms. The minimum Gasteiger partial charge on any atom is -0.348 e. The molecule has 1 aromatic carbocycles. The Morgan fingerprint density at radius 2 is 1.69 bits per heavy atom. The molecule has 0 spiro atoms. The largest absolute Gasteiger partial charge is 0.348 e. The van der Waals surface area contributed by atoms with Gasteiger partial charge in [0, 0.05) is 12.4 Å². The molecular formula is C13H15N3. The van der Waals surface area contributed by atoms with E-state index in [2.05, 4.69) is 53.4 Å². The van der Waals surface area contributed by atoms with Crippen molar-refractivity contribution in [3.05, 3.63) is 53.9 Å². The van der Waals surface area contributed by atoms with E-state index in [4.69, 9.17) is 0 Å². The maximum atomic E-state index is 4.14.